The number of hydrogen-bond donors (Lipinski definition) is 0. The molecule has 0 heterocycles. The zero-order valence-electron chi connectivity index (χ0n) is 3.02. The van der Waals surface area contributed by atoms with Gasteiger partial charge < -0.3 is 27.4 Å². The molecule has 7 heteroatoms. The average Bonchev–Trinajstić information content (AvgIpc) is 0. The first-order chi connectivity index (χ1) is 0. The quantitative estimate of drug-likeness (QED) is 0.498. The average molecular weight is 353 g/mol. The molecule has 5 nitrogen and oxygen atoms in total. The summed E-state index contributed by atoms with van der Waals surface area (Å²) in [5, 5.41) is 0. The largest absolute Gasteiger partial charge is 3.00 e. The van der Waals surface area contributed by atoms with Crippen LogP contribution < -0.4 is 0 Å². The van der Waals surface area contributed by atoms with Gasteiger partial charge in [-0.2, -0.15) is 0 Å². The SMILES string of the molecule is [Bi+3].[Co+2].[OH-].[OH-].[OH-].[OH-].[OH-]. The molecule has 0 aromatic carbocycles. The number of hydrogen-bond acceptors (Lipinski definition) is 5. The molecule has 0 aliphatic rings. The van der Waals surface area contributed by atoms with Gasteiger partial charge in [0.15, 0.2) is 0 Å². The molecule has 0 aromatic heterocycles. The van der Waals surface area contributed by atoms with E-state index in [-0.39, 0.29) is 70.4 Å². The smallest absolute Gasteiger partial charge is 0.870 e. The third-order valence-electron chi connectivity index (χ3n) is 0. The maximum atomic E-state index is 0. The summed E-state index contributed by atoms with van der Waals surface area (Å²) in [5.41, 5.74) is 0. The van der Waals surface area contributed by atoms with E-state index in [4.69, 9.17) is 0 Å². The molecule has 5 N–H and O–H groups in total. The van der Waals surface area contributed by atoms with Gasteiger partial charge in [0, 0.05) is 0 Å². The molecule has 7 heavy (non-hydrogen) atoms. The van der Waals surface area contributed by atoms with Gasteiger partial charge in [0.2, 0.25) is 0 Å². The molecule has 3 radical (unpaired) electrons. The first kappa shape index (κ1) is 299. The van der Waals surface area contributed by atoms with Crippen molar-refractivity contribution in [1.82, 2.24) is 0 Å². The van der Waals surface area contributed by atoms with Gasteiger partial charge in [-0.25, -0.2) is 0 Å². The Labute approximate surface area is 70.3 Å². The van der Waals surface area contributed by atoms with Crippen molar-refractivity contribution in [3.63, 3.8) is 0 Å². The van der Waals surface area contributed by atoms with E-state index in [1.165, 1.54) is 0 Å². The van der Waals surface area contributed by atoms with Crippen molar-refractivity contribution in [2.24, 2.45) is 0 Å². The fourth-order valence-electron chi connectivity index (χ4n) is 0. The van der Waals surface area contributed by atoms with Crippen molar-refractivity contribution in [3.8, 4) is 0 Å². The van der Waals surface area contributed by atoms with Crippen LogP contribution in [0.25, 0.3) is 0 Å². The molecular formula is H5BiCoO5. The summed E-state index contributed by atoms with van der Waals surface area (Å²) >= 11 is 0. The Bertz CT molecular complexity index is 8.04. The molecule has 0 fully saturated rings. The van der Waals surface area contributed by atoms with Crippen molar-refractivity contribution < 1.29 is 44.2 Å². The van der Waals surface area contributed by atoms with E-state index in [9.17, 15) is 0 Å². The Morgan fingerprint density at radius 1 is 0.429 bits per heavy atom. The fraction of sp³-hybridized carbons (Fsp3) is 0. The van der Waals surface area contributed by atoms with Gasteiger partial charge in [0.1, 0.15) is 0 Å². The standard InChI is InChI=1S/Bi.Co.5H2O/h;;5*1H2/q+3;+2;;;;;/p-5. The van der Waals surface area contributed by atoms with Crippen LogP contribution in [0.3, 0.4) is 0 Å². The van der Waals surface area contributed by atoms with Gasteiger partial charge in [0.25, 0.3) is 0 Å². The van der Waals surface area contributed by atoms with Crippen molar-refractivity contribution >= 4 is 26.2 Å². The van der Waals surface area contributed by atoms with Crippen molar-refractivity contribution in [2.45, 2.75) is 0 Å². The zero-order valence-corrected chi connectivity index (χ0v) is 7.53. The maximum Gasteiger partial charge on any atom is 3.00 e. The Morgan fingerprint density at radius 3 is 0.429 bits per heavy atom. The fourth-order valence-corrected chi connectivity index (χ4v) is 0. The van der Waals surface area contributed by atoms with Gasteiger partial charge in [-0.3, -0.25) is 0 Å². The molecule has 0 aromatic rings. The summed E-state index contributed by atoms with van der Waals surface area (Å²) in [5.74, 6) is 0. The van der Waals surface area contributed by atoms with E-state index in [2.05, 4.69) is 0 Å². The van der Waals surface area contributed by atoms with Crippen molar-refractivity contribution in [1.29, 1.82) is 0 Å². The maximum absolute atomic E-state index is 0. The normalized spacial score (nSPS) is 0. The van der Waals surface area contributed by atoms with E-state index in [1.54, 1.807) is 0 Å². The molecular weight excluding hydrogens is 348 g/mol. The molecule has 0 bridgehead atoms. The molecule has 0 amide bonds. The van der Waals surface area contributed by atoms with Gasteiger partial charge in [0.05, 0.1) is 0 Å². The summed E-state index contributed by atoms with van der Waals surface area (Å²) in [6.07, 6.45) is 0. The van der Waals surface area contributed by atoms with Crippen molar-refractivity contribution in [2.75, 3.05) is 0 Å². The van der Waals surface area contributed by atoms with E-state index >= 15 is 0 Å². The van der Waals surface area contributed by atoms with Crippen LogP contribution in [0.2, 0.25) is 0 Å². The van der Waals surface area contributed by atoms with Gasteiger partial charge in [-0.05, 0) is 0 Å². The van der Waals surface area contributed by atoms with Crippen LogP contribution in [0.15, 0.2) is 0 Å². The predicted molar refractivity (Wildman–Crippen MR) is 15.4 cm³/mol. The van der Waals surface area contributed by atoms with E-state index in [0.29, 0.717) is 0 Å². The van der Waals surface area contributed by atoms with Crippen LogP contribution in [0, 0.1) is 0 Å². The topological polar surface area (TPSA) is 150 Å². The van der Waals surface area contributed by atoms with Crippen molar-refractivity contribution in [3.05, 3.63) is 0 Å². The van der Waals surface area contributed by atoms with Crippen LogP contribution in [0.1, 0.15) is 0 Å². The Balaban J connectivity index is 0. The molecule has 0 rings (SSSR count). The summed E-state index contributed by atoms with van der Waals surface area (Å²) in [6, 6.07) is 0. The second-order valence-corrected chi connectivity index (χ2v) is 0. The molecule has 0 saturated carbocycles. The van der Waals surface area contributed by atoms with Crippen LogP contribution in [-0.4, -0.2) is 53.6 Å². The van der Waals surface area contributed by atoms with E-state index in [1.807, 2.05) is 0 Å². The Kier molecular flexibility index (Phi) is 8320. The van der Waals surface area contributed by atoms with Gasteiger partial charge in [-0.15, -0.1) is 0 Å². The predicted octanol–water partition coefficient (Wildman–Crippen LogP) is -1.27. The first-order valence-corrected chi connectivity index (χ1v) is 0. The second-order valence-electron chi connectivity index (χ2n) is 0. The van der Waals surface area contributed by atoms with E-state index in [0.717, 1.165) is 0 Å². The van der Waals surface area contributed by atoms with E-state index < -0.39 is 0 Å². The van der Waals surface area contributed by atoms with Crippen LogP contribution >= 0.6 is 0 Å². The summed E-state index contributed by atoms with van der Waals surface area (Å²) < 4.78 is 0. The Hall–Kier alpha value is 1.19. The zero-order chi connectivity index (χ0) is 0. The van der Waals surface area contributed by atoms with Crippen LogP contribution in [0.5, 0.6) is 0 Å². The van der Waals surface area contributed by atoms with Gasteiger partial charge >= 0.3 is 43.0 Å². The van der Waals surface area contributed by atoms with Crippen LogP contribution in [0.4, 0.5) is 0 Å². The minimum absolute atomic E-state index is 0. The first-order valence-electron chi connectivity index (χ1n) is 0. The molecule has 0 spiro atoms. The van der Waals surface area contributed by atoms with Gasteiger partial charge in [-0.1, -0.05) is 0 Å². The van der Waals surface area contributed by atoms with Crippen LogP contribution in [-0.2, 0) is 16.8 Å². The minimum atomic E-state index is 0. The molecule has 0 unspecified atom stereocenters. The third kappa shape index (κ3) is 137. The Morgan fingerprint density at radius 2 is 0.429 bits per heavy atom. The summed E-state index contributed by atoms with van der Waals surface area (Å²) in [4.78, 5) is 0. The second kappa shape index (κ2) is 195. The molecule has 0 atom stereocenters. The monoisotopic (exact) mass is 353 g/mol. The molecule has 0 saturated heterocycles. The molecule has 49 valence electrons. The summed E-state index contributed by atoms with van der Waals surface area (Å²) in [7, 11) is 0. The summed E-state index contributed by atoms with van der Waals surface area (Å²) in [6.45, 7) is 0. The molecule has 0 aliphatic heterocycles. The number of rotatable bonds is 0. The third-order valence-corrected chi connectivity index (χ3v) is 0. The molecule has 0 aliphatic carbocycles. The minimum Gasteiger partial charge on any atom is -0.870 e.